The first kappa shape index (κ1) is 16.1. The van der Waals surface area contributed by atoms with E-state index in [1.54, 1.807) is 19.1 Å². The maximum Gasteiger partial charge on any atom is 0.240 e. The zero-order chi connectivity index (χ0) is 15.5. The number of sulfonamides is 1. The second-order valence-corrected chi connectivity index (χ2v) is 7.22. The number of carbonyl (C=O) groups is 1. The van der Waals surface area contributed by atoms with Crippen LogP contribution in [-0.4, -0.2) is 32.8 Å². The number of piperidine rings is 1. The van der Waals surface area contributed by atoms with Crippen LogP contribution in [0.2, 0.25) is 0 Å². The van der Waals surface area contributed by atoms with E-state index in [2.05, 4.69) is 10.0 Å². The Kier molecular flexibility index (Phi) is 5.13. The molecule has 0 aliphatic carbocycles. The lowest BCUT2D eigenvalue weighted by atomic mass is 10.0. The van der Waals surface area contributed by atoms with E-state index in [4.69, 9.17) is 0 Å². The fraction of sp³-hybridized carbons (Fsp3) is 0.533. The second kappa shape index (κ2) is 6.68. The Hall–Kier alpha value is -1.24. The standard InChI is InChI=1S/C15H22N2O3S/c1-3-15(18)12-5-4-6-14(10-12)21(19,20)17-13-7-8-16-11(2)9-13/h4-6,10-11,13,16-17H,3,7-9H2,1-2H3. The second-order valence-electron chi connectivity index (χ2n) is 5.50. The highest BCUT2D eigenvalue weighted by molar-refractivity contribution is 7.89. The van der Waals surface area contributed by atoms with Crippen LogP contribution in [0.1, 0.15) is 43.5 Å². The van der Waals surface area contributed by atoms with Crippen LogP contribution in [0.25, 0.3) is 0 Å². The first-order chi connectivity index (χ1) is 9.92. The maximum atomic E-state index is 12.4. The van der Waals surface area contributed by atoms with Crippen molar-refractivity contribution in [3.63, 3.8) is 0 Å². The van der Waals surface area contributed by atoms with E-state index in [9.17, 15) is 13.2 Å². The summed E-state index contributed by atoms with van der Waals surface area (Å²) in [5, 5.41) is 3.29. The molecule has 6 heteroatoms. The van der Waals surface area contributed by atoms with Gasteiger partial charge in [-0.3, -0.25) is 4.79 Å². The topological polar surface area (TPSA) is 75.3 Å². The molecule has 0 aromatic heterocycles. The van der Waals surface area contributed by atoms with Gasteiger partial charge >= 0.3 is 0 Å². The molecule has 2 unspecified atom stereocenters. The molecule has 2 rings (SSSR count). The number of carbonyl (C=O) groups excluding carboxylic acids is 1. The zero-order valence-corrected chi connectivity index (χ0v) is 13.2. The van der Waals surface area contributed by atoms with E-state index in [-0.39, 0.29) is 16.7 Å². The molecule has 0 amide bonds. The lowest BCUT2D eigenvalue weighted by molar-refractivity contribution is 0.0988. The van der Waals surface area contributed by atoms with E-state index in [0.717, 1.165) is 19.4 Å². The molecule has 1 saturated heterocycles. The number of Topliss-reactive ketones (excluding diaryl/α,β-unsaturated/α-hetero) is 1. The van der Waals surface area contributed by atoms with Crippen LogP contribution in [0.5, 0.6) is 0 Å². The first-order valence-corrected chi connectivity index (χ1v) is 8.79. The molecule has 1 aliphatic rings. The van der Waals surface area contributed by atoms with Crippen LogP contribution >= 0.6 is 0 Å². The lowest BCUT2D eigenvalue weighted by Gasteiger charge is -2.28. The molecule has 21 heavy (non-hydrogen) atoms. The average Bonchev–Trinajstić information content (AvgIpc) is 2.46. The fourth-order valence-corrected chi connectivity index (χ4v) is 3.90. The number of hydrogen-bond acceptors (Lipinski definition) is 4. The van der Waals surface area contributed by atoms with Crippen LogP contribution in [0, 0.1) is 0 Å². The summed E-state index contributed by atoms with van der Waals surface area (Å²) in [6.07, 6.45) is 1.91. The lowest BCUT2D eigenvalue weighted by Crippen LogP contribution is -2.46. The summed E-state index contributed by atoms with van der Waals surface area (Å²) >= 11 is 0. The minimum absolute atomic E-state index is 0.0532. The van der Waals surface area contributed by atoms with Crippen LogP contribution < -0.4 is 10.0 Å². The van der Waals surface area contributed by atoms with Crippen LogP contribution in [0.3, 0.4) is 0 Å². The molecule has 5 nitrogen and oxygen atoms in total. The maximum absolute atomic E-state index is 12.4. The summed E-state index contributed by atoms with van der Waals surface area (Å²) in [5.41, 5.74) is 0.444. The number of ketones is 1. The van der Waals surface area contributed by atoms with Crippen LogP contribution in [0.15, 0.2) is 29.2 Å². The smallest absolute Gasteiger partial charge is 0.240 e. The largest absolute Gasteiger partial charge is 0.314 e. The predicted molar refractivity (Wildman–Crippen MR) is 81.9 cm³/mol. The third-order valence-electron chi connectivity index (χ3n) is 3.73. The first-order valence-electron chi connectivity index (χ1n) is 7.31. The molecule has 1 aromatic carbocycles. The van der Waals surface area contributed by atoms with Crippen molar-refractivity contribution < 1.29 is 13.2 Å². The summed E-state index contributed by atoms with van der Waals surface area (Å²) in [6, 6.07) is 6.49. The Morgan fingerprint density at radius 3 is 2.86 bits per heavy atom. The highest BCUT2D eigenvalue weighted by atomic mass is 32.2. The molecule has 0 radical (unpaired) electrons. The van der Waals surface area contributed by atoms with Gasteiger partial charge in [0.1, 0.15) is 0 Å². The van der Waals surface area contributed by atoms with E-state index in [1.165, 1.54) is 12.1 Å². The number of benzene rings is 1. The van der Waals surface area contributed by atoms with Crippen molar-refractivity contribution in [2.24, 2.45) is 0 Å². The van der Waals surface area contributed by atoms with Gasteiger partial charge in [0.15, 0.2) is 5.78 Å². The average molecular weight is 310 g/mol. The van der Waals surface area contributed by atoms with E-state index in [1.807, 2.05) is 6.92 Å². The van der Waals surface area contributed by atoms with E-state index < -0.39 is 10.0 Å². The molecule has 0 saturated carbocycles. The Bertz CT molecular complexity index is 613. The monoisotopic (exact) mass is 310 g/mol. The van der Waals surface area contributed by atoms with Crippen molar-refractivity contribution in [1.82, 2.24) is 10.0 Å². The minimum atomic E-state index is -3.58. The van der Waals surface area contributed by atoms with Gasteiger partial charge in [0, 0.05) is 24.1 Å². The Labute approximate surface area is 126 Å². The summed E-state index contributed by atoms with van der Waals surface area (Å²) < 4.78 is 27.6. The SMILES string of the molecule is CCC(=O)c1cccc(S(=O)(=O)NC2CCNC(C)C2)c1. The molecule has 1 aliphatic heterocycles. The molecule has 2 atom stereocenters. The third kappa shape index (κ3) is 4.12. The molecule has 2 N–H and O–H groups in total. The minimum Gasteiger partial charge on any atom is -0.314 e. The van der Waals surface area contributed by atoms with Crippen molar-refractivity contribution in [3.8, 4) is 0 Å². The molecule has 1 aromatic rings. The highest BCUT2D eigenvalue weighted by Crippen LogP contribution is 2.16. The van der Waals surface area contributed by atoms with Crippen LogP contribution in [-0.2, 0) is 10.0 Å². The molecule has 0 spiro atoms. The van der Waals surface area contributed by atoms with E-state index in [0.29, 0.717) is 18.0 Å². The number of hydrogen-bond donors (Lipinski definition) is 2. The van der Waals surface area contributed by atoms with Gasteiger partial charge in [0.05, 0.1) is 4.90 Å². The van der Waals surface area contributed by atoms with Gasteiger partial charge in [-0.2, -0.15) is 0 Å². The van der Waals surface area contributed by atoms with Crippen molar-refractivity contribution in [2.45, 2.75) is 50.1 Å². The van der Waals surface area contributed by atoms with Crippen molar-refractivity contribution in [3.05, 3.63) is 29.8 Å². The fourth-order valence-electron chi connectivity index (χ4n) is 2.57. The summed E-state index contributed by atoms with van der Waals surface area (Å²) in [7, 11) is -3.58. The van der Waals surface area contributed by atoms with Gasteiger partial charge in [-0.05, 0) is 38.4 Å². The summed E-state index contributed by atoms with van der Waals surface area (Å²) in [4.78, 5) is 11.9. The van der Waals surface area contributed by atoms with E-state index >= 15 is 0 Å². The van der Waals surface area contributed by atoms with Gasteiger partial charge in [-0.1, -0.05) is 19.1 Å². The highest BCUT2D eigenvalue weighted by Gasteiger charge is 2.24. The molecule has 0 bridgehead atoms. The molecule has 1 fully saturated rings. The Morgan fingerprint density at radius 1 is 1.43 bits per heavy atom. The Balaban J connectivity index is 2.17. The molecule has 1 heterocycles. The van der Waals surface area contributed by atoms with Gasteiger partial charge in [0.2, 0.25) is 10.0 Å². The Morgan fingerprint density at radius 2 is 2.19 bits per heavy atom. The summed E-state index contributed by atoms with van der Waals surface area (Å²) in [6.45, 7) is 4.61. The molecule has 116 valence electrons. The predicted octanol–water partition coefficient (Wildman–Crippen LogP) is 1.70. The van der Waals surface area contributed by atoms with Crippen molar-refractivity contribution in [2.75, 3.05) is 6.54 Å². The van der Waals surface area contributed by atoms with Gasteiger partial charge in [-0.25, -0.2) is 13.1 Å². The van der Waals surface area contributed by atoms with Crippen molar-refractivity contribution in [1.29, 1.82) is 0 Å². The summed E-state index contributed by atoms with van der Waals surface area (Å²) in [5.74, 6) is -0.0532. The van der Waals surface area contributed by atoms with Gasteiger partial charge < -0.3 is 5.32 Å². The van der Waals surface area contributed by atoms with Gasteiger partial charge in [0.25, 0.3) is 0 Å². The van der Waals surface area contributed by atoms with Gasteiger partial charge in [-0.15, -0.1) is 0 Å². The number of nitrogens with one attached hydrogen (secondary N) is 2. The quantitative estimate of drug-likeness (QED) is 0.812. The molecular weight excluding hydrogens is 288 g/mol. The molecular formula is C15H22N2O3S. The number of rotatable bonds is 5. The van der Waals surface area contributed by atoms with Crippen molar-refractivity contribution >= 4 is 15.8 Å². The zero-order valence-electron chi connectivity index (χ0n) is 12.4. The normalized spacial score (nSPS) is 23.0. The van der Waals surface area contributed by atoms with Crippen LogP contribution in [0.4, 0.5) is 0 Å². The third-order valence-corrected chi connectivity index (χ3v) is 5.25.